The van der Waals surface area contributed by atoms with E-state index >= 15 is 0 Å². The molecule has 2 unspecified atom stereocenters. The number of rotatable bonds is 4. The van der Waals surface area contributed by atoms with E-state index in [0.717, 1.165) is 11.6 Å². The van der Waals surface area contributed by atoms with Crippen molar-refractivity contribution in [1.82, 2.24) is 9.97 Å². The summed E-state index contributed by atoms with van der Waals surface area (Å²) in [6.45, 7) is 4.61. The van der Waals surface area contributed by atoms with E-state index in [2.05, 4.69) is 34.4 Å². The number of aromatic nitrogens is 2. The molecular formula is C14H25N5. The van der Waals surface area contributed by atoms with E-state index in [9.17, 15) is 0 Å². The van der Waals surface area contributed by atoms with Crippen molar-refractivity contribution in [3.05, 3.63) is 6.07 Å². The van der Waals surface area contributed by atoms with Crippen LogP contribution in [0.4, 0.5) is 17.6 Å². The topological polar surface area (TPSA) is 75.9 Å². The van der Waals surface area contributed by atoms with Crippen LogP contribution in [0.5, 0.6) is 0 Å². The zero-order valence-electron chi connectivity index (χ0n) is 12.1. The zero-order chi connectivity index (χ0) is 13.8. The lowest BCUT2D eigenvalue weighted by molar-refractivity contribution is 0.253. The van der Waals surface area contributed by atoms with Gasteiger partial charge in [-0.2, -0.15) is 9.97 Å². The van der Waals surface area contributed by atoms with Gasteiger partial charge in [0.2, 0.25) is 5.95 Å². The van der Waals surface area contributed by atoms with Crippen LogP contribution in [0.15, 0.2) is 6.07 Å². The van der Waals surface area contributed by atoms with Crippen LogP contribution in [0.2, 0.25) is 0 Å². The van der Waals surface area contributed by atoms with Crippen LogP contribution in [-0.4, -0.2) is 23.1 Å². The lowest BCUT2D eigenvalue weighted by Crippen LogP contribution is -2.35. The molecule has 2 rings (SSSR count). The molecule has 0 spiro atoms. The summed E-state index contributed by atoms with van der Waals surface area (Å²) >= 11 is 0. The number of nitrogens with two attached hydrogens (primary N) is 1. The number of hydrogen-bond acceptors (Lipinski definition) is 5. The third-order valence-corrected chi connectivity index (χ3v) is 4.01. The molecule has 5 nitrogen and oxygen atoms in total. The molecule has 5 heteroatoms. The molecule has 0 aliphatic heterocycles. The number of anilines is 3. The summed E-state index contributed by atoms with van der Waals surface area (Å²) in [5.41, 5.74) is 5.73. The fraction of sp³-hybridized carbons (Fsp3) is 0.714. The fourth-order valence-corrected chi connectivity index (χ4v) is 2.99. The Morgan fingerprint density at radius 2 is 1.89 bits per heavy atom. The lowest BCUT2D eigenvalue weighted by Gasteiger charge is -2.35. The van der Waals surface area contributed by atoms with Crippen molar-refractivity contribution in [2.45, 2.75) is 45.6 Å². The summed E-state index contributed by atoms with van der Waals surface area (Å²) in [6.07, 6.45) is 5.14. The maximum Gasteiger partial charge on any atom is 0.223 e. The smallest absolute Gasteiger partial charge is 0.223 e. The highest BCUT2D eigenvalue weighted by Gasteiger charge is 2.27. The lowest BCUT2D eigenvalue weighted by atomic mass is 9.78. The van der Waals surface area contributed by atoms with Crippen molar-refractivity contribution in [2.24, 2.45) is 11.8 Å². The van der Waals surface area contributed by atoms with E-state index < -0.39 is 0 Å². The maximum absolute atomic E-state index is 5.73. The molecule has 0 radical (unpaired) electrons. The average molecular weight is 263 g/mol. The molecule has 19 heavy (non-hydrogen) atoms. The first-order valence-electron chi connectivity index (χ1n) is 7.19. The minimum atomic E-state index is 0.311. The second kappa shape index (κ2) is 6.08. The molecule has 0 amide bonds. The van der Waals surface area contributed by atoms with E-state index in [0.29, 0.717) is 23.8 Å². The summed E-state index contributed by atoms with van der Waals surface area (Å²) in [5.74, 6) is 3.30. The van der Waals surface area contributed by atoms with E-state index in [1.165, 1.54) is 25.7 Å². The van der Waals surface area contributed by atoms with Gasteiger partial charge in [-0.3, -0.25) is 0 Å². The molecule has 0 aromatic carbocycles. The molecule has 1 saturated carbocycles. The minimum Gasteiger partial charge on any atom is -0.373 e. The summed E-state index contributed by atoms with van der Waals surface area (Å²) in [6, 6.07) is 2.41. The van der Waals surface area contributed by atoms with Crippen LogP contribution in [0.3, 0.4) is 0 Å². The van der Waals surface area contributed by atoms with Crippen molar-refractivity contribution in [1.29, 1.82) is 0 Å². The number of nitrogens with zero attached hydrogens (tertiary/aromatic N) is 2. The number of nitrogens with one attached hydrogen (secondary N) is 2. The van der Waals surface area contributed by atoms with Crippen LogP contribution < -0.4 is 16.4 Å². The molecule has 2 atom stereocenters. The summed E-state index contributed by atoms with van der Waals surface area (Å²) in [5, 5.41) is 6.57. The van der Waals surface area contributed by atoms with E-state index in [4.69, 9.17) is 5.73 Å². The third-order valence-electron chi connectivity index (χ3n) is 4.01. The summed E-state index contributed by atoms with van der Waals surface area (Å²) in [7, 11) is 1.84. The van der Waals surface area contributed by atoms with Crippen LogP contribution in [-0.2, 0) is 0 Å². The molecule has 0 bridgehead atoms. The van der Waals surface area contributed by atoms with Crippen molar-refractivity contribution >= 4 is 17.6 Å². The molecule has 1 aromatic heterocycles. The monoisotopic (exact) mass is 263 g/mol. The van der Waals surface area contributed by atoms with Gasteiger partial charge >= 0.3 is 0 Å². The third kappa shape index (κ3) is 3.49. The second-order valence-electron chi connectivity index (χ2n) is 5.69. The average Bonchev–Trinajstić information content (AvgIpc) is 2.38. The highest BCUT2D eigenvalue weighted by Crippen LogP contribution is 2.32. The molecular weight excluding hydrogens is 238 g/mol. The number of hydrogen-bond donors (Lipinski definition) is 3. The van der Waals surface area contributed by atoms with E-state index in [1.54, 1.807) is 0 Å². The Labute approximate surface area is 115 Å². The normalized spacial score (nSPS) is 23.4. The molecule has 4 N–H and O–H groups in total. The van der Waals surface area contributed by atoms with E-state index in [-0.39, 0.29) is 0 Å². The van der Waals surface area contributed by atoms with Gasteiger partial charge in [-0.15, -0.1) is 0 Å². The Balaban J connectivity index is 2.12. The molecule has 1 aliphatic carbocycles. The van der Waals surface area contributed by atoms with Gasteiger partial charge in [0.05, 0.1) is 0 Å². The second-order valence-corrected chi connectivity index (χ2v) is 5.69. The highest BCUT2D eigenvalue weighted by atomic mass is 15.1. The first-order valence-corrected chi connectivity index (χ1v) is 7.19. The first kappa shape index (κ1) is 13.9. The van der Waals surface area contributed by atoms with Gasteiger partial charge in [0.15, 0.2) is 0 Å². The first-order chi connectivity index (χ1) is 9.10. The van der Waals surface area contributed by atoms with E-state index in [1.807, 2.05) is 13.1 Å². The van der Waals surface area contributed by atoms with Crippen molar-refractivity contribution in [3.8, 4) is 0 Å². The Kier molecular flexibility index (Phi) is 4.45. The standard InChI is InChI=1S/C14H25N5/c1-9(2)10-6-4-5-7-11(10)17-13-8-12(16-3)18-14(15)19-13/h8-11H,4-7H2,1-3H3,(H4,15,16,17,18,19). The van der Waals surface area contributed by atoms with Gasteiger partial charge in [0.25, 0.3) is 0 Å². The van der Waals surface area contributed by atoms with Crippen molar-refractivity contribution in [3.63, 3.8) is 0 Å². The quantitative estimate of drug-likeness (QED) is 0.778. The molecule has 1 fully saturated rings. The summed E-state index contributed by atoms with van der Waals surface area (Å²) in [4.78, 5) is 8.40. The van der Waals surface area contributed by atoms with Gasteiger partial charge in [-0.05, 0) is 24.7 Å². The molecule has 106 valence electrons. The van der Waals surface area contributed by atoms with Gasteiger partial charge < -0.3 is 16.4 Å². The minimum absolute atomic E-state index is 0.311. The molecule has 0 saturated heterocycles. The predicted molar refractivity (Wildman–Crippen MR) is 80.2 cm³/mol. The van der Waals surface area contributed by atoms with Gasteiger partial charge in [0, 0.05) is 19.2 Å². The number of nitrogen functional groups attached to an aromatic ring is 1. The predicted octanol–water partition coefficient (Wildman–Crippen LogP) is 2.73. The highest BCUT2D eigenvalue weighted by molar-refractivity contribution is 5.51. The van der Waals surface area contributed by atoms with Crippen LogP contribution in [0.1, 0.15) is 39.5 Å². The molecule has 1 aromatic rings. The summed E-state index contributed by atoms with van der Waals surface area (Å²) < 4.78 is 0. The van der Waals surface area contributed by atoms with Crippen LogP contribution >= 0.6 is 0 Å². The molecule has 1 heterocycles. The largest absolute Gasteiger partial charge is 0.373 e. The zero-order valence-corrected chi connectivity index (χ0v) is 12.1. The Bertz CT molecular complexity index is 418. The van der Waals surface area contributed by atoms with Crippen LogP contribution in [0.25, 0.3) is 0 Å². The Morgan fingerprint density at radius 1 is 1.21 bits per heavy atom. The van der Waals surface area contributed by atoms with Crippen molar-refractivity contribution < 1.29 is 0 Å². The Morgan fingerprint density at radius 3 is 2.58 bits per heavy atom. The SMILES string of the molecule is CNc1cc(NC2CCCCC2C(C)C)nc(N)n1. The molecule has 1 aliphatic rings. The van der Waals surface area contributed by atoms with Crippen molar-refractivity contribution in [2.75, 3.05) is 23.4 Å². The van der Waals surface area contributed by atoms with Gasteiger partial charge in [-0.25, -0.2) is 0 Å². The maximum atomic E-state index is 5.73. The van der Waals surface area contributed by atoms with Crippen LogP contribution in [0, 0.1) is 11.8 Å². The van der Waals surface area contributed by atoms with Gasteiger partial charge in [-0.1, -0.05) is 26.7 Å². The Hall–Kier alpha value is -1.52. The van der Waals surface area contributed by atoms with Gasteiger partial charge in [0.1, 0.15) is 11.6 Å². The fourth-order valence-electron chi connectivity index (χ4n) is 2.99.